The second kappa shape index (κ2) is 3.92. The van der Waals surface area contributed by atoms with Crippen molar-refractivity contribution in [2.24, 2.45) is 0 Å². The van der Waals surface area contributed by atoms with Crippen LogP contribution in [0, 0.1) is 0 Å². The van der Waals surface area contributed by atoms with Gasteiger partial charge in [0.2, 0.25) is 0 Å². The smallest absolute Gasteiger partial charge is 0.0522 e. The summed E-state index contributed by atoms with van der Waals surface area (Å²) in [5.41, 5.74) is 1.31. The molecule has 0 unspecified atom stereocenters. The fourth-order valence-electron chi connectivity index (χ4n) is 1.46. The Morgan fingerprint density at radius 1 is 1.62 bits per heavy atom. The van der Waals surface area contributed by atoms with E-state index in [1.165, 1.54) is 18.5 Å². The van der Waals surface area contributed by atoms with E-state index in [9.17, 15) is 0 Å². The van der Waals surface area contributed by atoms with Gasteiger partial charge >= 0.3 is 0 Å². The van der Waals surface area contributed by atoms with Gasteiger partial charge in [-0.3, -0.25) is 4.68 Å². The summed E-state index contributed by atoms with van der Waals surface area (Å²) < 4.78 is 2.09. The topological polar surface area (TPSA) is 29.9 Å². The van der Waals surface area contributed by atoms with Gasteiger partial charge in [-0.25, -0.2) is 0 Å². The minimum atomic E-state index is 0.782. The van der Waals surface area contributed by atoms with Crippen LogP contribution in [0.1, 0.15) is 31.9 Å². The molecule has 0 amide bonds. The van der Waals surface area contributed by atoms with E-state index in [1.54, 1.807) is 0 Å². The fraction of sp³-hybridized carbons (Fsp3) is 0.700. The number of aryl methyl sites for hydroxylation is 1. The fourth-order valence-corrected chi connectivity index (χ4v) is 1.46. The molecule has 1 aromatic heterocycles. The quantitative estimate of drug-likeness (QED) is 0.743. The highest BCUT2D eigenvalue weighted by Crippen LogP contribution is 2.19. The molecular formula is C10H17N3. The monoisotopic (exact) mass is 179 g/mol. The van der Waals surface area contributed by atoms with Gasteiger partial charge in [0.1, 0.15) is 0 Å². The average Bonchev–Trinajstić information content (AvgIpc) is 2.86. The molecule has 1 saturated carbocycles. The van der Waals surface area contributed by atoms with E-state index in [-0.39, 0.29) is 0 Å². The second-order valence-electron chi connectivity index (χ2n) is 3.70. The van der Waals surface area contributed by atoms with Gasteiger partial charge in [-0.2, -0.15) is 5.10 Å². The van der Waals surface area contributed by atoms with E-state index in [0.29, 0.717) is 0 Å². The molecule has 0 radical (unpaired) electrons. The predicted octanol–water partition coefficient (Wildman–Crippen LogP) is 1.55. The van der Waals surface area contributed by atoms with Crippen LogP contribution >= 0.6 is 0 Å². The molecule has 1 heterocycles. The zero-order valence-electron chi connectivity index (χ0n) is 8.16. The van der Waals surface area contributed by atoms with Crippen LogP contribution in [-0.4, -0.2) is 15.8 Å². The molecule has 0 saturated heterocycles. The highest BCUT2D eigenvalue weighted by molar-refractivity contribution is 5.01. The van der Waals surface area contributed by atoms with Crippen molar-refractivity contribution in [3.63, 3.8) is 0 Å². The average molecular weight is 179 g/mol. The molecule has 13 heavy (non-hydrogen) atoms. The van der Waals surface area contributed by atoms with Crippen LogP contribution in [0.5, 0.6) is 0 Å². The van der Waals surface area contributed by atoms with Gasteiger partial charge in [0.05, 0.1) is 5.69 Å². The number of rotatable bonds is 5. The maximum atomic E-state index is 4.28. The van der Waals surface area contributed by atoms with E-state index in [4.69, 9.17) is 0 Å². The molecule has 1 aromatic rings. The van der Waals surface area contributed by atoms with Crippen molar-refractivity contribution in [2.75, 3.05) is 0 Å². The van der Waals surface area contributed by atoms with Gasteiger partial charge in [-0.1, -0.05) is 6.92 Å². The summed E-state index contributed by atoms with van der Waals surface area (Å²) in [7, 11) is 0. The van der Waals surface area contributed by atoms with Gasteiger partial charge in [-0.15, -0.1) is 0 Å². The molecule has 0 bridgehead atoms. The molecule has 0 spiro atoms. The lowest BCUT2D eigenvalue weighted by Crippen LogP contribution is -2.18. The molecule has 72 valence electrons. The normalized spacial score (nSPS) is 16.4. The lowest BCUT2D eigenvalue weighted by atomic mass is 10.4. The second-order valence-corrected chi connectivity index (χ2v) is 3.70. The summed E-state index contributed by atoms with van der Waals surface area (Å²) >= 11 is 0. The molecular weight excluding hydrogens is 162 g/mol. The Morgan fingerprint density at radius 2 is 2.46 bits per heavy atom. The summed E-state index contributed by atoms with van der Waals surface area (Å²) in [5.74, 6) is 0. The maximum Gasteiger partial charge on any atom is 0.0522 e. The van der Waals surface area contributed by atoms with Crippen LogP contribution in [0.25, 0.3) is 0 Å². The summed E-state index contributed by atoms with van der Waals surface area (Å²) in [6, 6.07) is 2.88. The largest absolute Gasteiger partial charge is 0.308 e. The van der Waals surface area contributed by atoms with Gasteiger partial charge in [0, 0.05) is 25.3 Å². The maximum absolute atomic E-state index is 4.28. The zero-order valence-corrected chi connectivity index (χ0v) is 8.16. The Morgan fingerprint density at radius 3 is 3.15 bits per heavy atom. The zero-order chi connectivity index (χ0) is 9.10. The SMILES string of the molecule is CCCn1nccc1CNC1CC1. The Bertz CT molecular complexity index is 263. The standard InChI is InChI=1S/C10H17N3/c1-2-7-13-10(5-6-12-13)8-11-9-3-4-9/h5-6,9,11H,2-4,7-8H2,1H3. The Kier molecular flexibility index (Phi) is 2.64. The van der Waals surface area contributed by atoms with Gasteiger partial charge in [-0.05, 0) is 25.3 Å². The molecule has 2 rings (SSSR count). The number of hydrogen-bond acceptors (Lipinski definition) is 2. The first kappa shape index (κ1) is 8.75. The van der Waals surface area contributed by atoms with Crippen LogP contribution in [0.2, 0.25) is 0 Å². The molecule has 1 aliphatic carbocycles. The van der Waals surface area contributed by atoms with Gasteiger partial charge in [0.15, 0.2) is 0 Å². The molecule has 1 N–H and O–H groups in total. The Balaban J connectivity index is 1.88. The lowest BCUT2D eigenvalue weighted by molar-refractivity contribution is 0.548. The molecule has 0 atom stereocenters. The van der Waals surface area contributed by atoms with Crippen molar-refractivity contribution in [3.05, 3.63) is 18.0 Å². The lowest BCUT2D eigenvalue weighted by Gasteiger charge is -2.06. The molecule has 0 aromatic carbocycles. The van der Waals surface area contributed by atoms with Crippen molar-refractivity contribution in [1.82, 2.24) is 15.1 Å². The van der Waals surface area contributed by atoms with Crippen molar-refractivity contribution >= 4 is 0 Å². The Labute approximate surface area is 79.1 Å². The first-order chi connectivity index (χ1) is 6.40. The van der Waals surface area contributed by atoms with E-state index in [0.717, 1.165) is 25.6 Å². The van der Waals surface area contributed by atoms with Crippen molar-refractivity contribution in [1.29, 1.82) is 0 Å². The third kappa shape index (κ3) is 2.31. The predicted molar refractivity (Wildman–Crippen MR) is 52.4 cm³/mol. The molecule has 3 nitrogen and oxygen atoms in total. The third-order valence-electron chi connectivity index (χ3n) is 2.39. The van der Waals surface area contributed by atoms with E-state index >= 15 is 0 Å². The molecule has 0 aliphatic heterocycles. The summed E-state index contributed by atoms with van der Waals surface area (Å²) in [6.45, 7) is 4.19. The van der Waals surface area contributed by atoms with E-state index in [2.05, 4.69) is 28.1 Å². The Hall–Kier alpha value is -0.830. The number of hydrogen-bond donors (Lipinski definition) is 1. The van der Waals surface area contributed by atoms with Gasteiger partial charge in [0.25, 0.3) is 0 Å². The van der Waals surface area contributed by atoms with Crippen LogP contribution < -0.4 is 5.32 Å². The van der Waals surface area contributed by atoms with E-state index in [1.807, 2.05) is 6.20 Å². The van der Waals surface area contributed by atoms with Crippen LogP contribution in [0.4, 0.5) is 0 Å². The summed E-state index contributed by atoms with van der Waals surface area (Å²) in [4.78, 5) is 0. The highest BCUT2D eigenvalue weighted by Gasteiger charge is 2.20. The van der Waals surface area contributed by atoms with Gasteiger partial charge < -0.3 is 5.32 Å². The van der Waals surface area contributed by atoms with Crippen LogP contribution in [-0.2, 0) is 13.1 Å². The summed E-state index contributed by atoms with van der Waals surface area (Å²) in [5, 5.41) is 7.78. The number of nitrogens with zero attached hydrogens (tertiary/aromatic N) is 2. The van der Waals surface area contributed by atoms with Crippen molar-refractivity contribution < 1.29 is 0 Å². The molecule has 3 heteroatoms. The minimum absolute atomic E-state index is 0.782. The minimum Gasteiger partial charge on any atom is -0.308 e. The van der Waals surface area contributed by atoms with Crippen LogP contribution in [0.3, 0.4) is 0 Å². The molecule has 1 fully saturated rings. The third-order valence-corrected chi connectivity index (χ3v) is 2.39. The summed E-state index contributed by atoms with van der Waals surface area (Å²) in [6.07, 6.45) is 5.74. The van der Waals surface area contributed by atoms with Crippen molar-refractivity contribution in [3.8, 4) is 0 Å². The first-order valence-corrected chi connectivity index (χ1v) is 5.14. The molecule has 1 aliphatic rings. The van der Waals surface area contributed by atoms with Crippen LogP contribution in [0.15, 0.2) is 12.3 Å². The first-order valence-electron chi connectivity index (χ1n) is 5.14. The van der Waals surface area contributed by atoms with Crippen molar-refractivity contribution in [2.45, 2.75) is 45.3 Å². The van der Waals surface area contributed by atoms with E-state index < -0.39 is 0 Å². The number of nitrogens with one attached hydrogen (secondary N) is 1. The highest BCUT2D eigenvalue weighted by atomic mass is 15.3. The number of aromatic nitrogens is 2.